The molecule has 0 amide bonds. The third kappa shape index (κ3) is 5.45. The van der Waals surface area contributed by atoms with Crippen LogP contribution >= 0.6 is 27.5 Å². The maximum absolute atomic E-state index is 6.21. The zero-order valence-corrected chi connectivity index (χ0v) is 22.4. The summed E-state index contributed by atoms with van der Waals surface area (Å²) in [4.78, 5) is 0. The zero-order chi connectivity index (χ0) is 24.9. The van der Waals surface area contributed by atoms with Gasteiger partial charge in [-0.15, -0.1) is 0 Å². The first-order chi connectivity index (χ1) is 17.6. The van der Waals surface area contributed by atoms with E-state index < -0.39 is 0 Å². The maximum Gasteiger partial charge on any atom is 0.120 e. The molecule has 4 aromatic carbocycles. The van der Waals surface area contributed by atoms with E-state index in [0.29, 0.717) is 13.2 Å². The van der Waals surface area contributed by atoms with Crippen LogP contribution in [-0.4, -0.2) is 16.5 Å². The Morgan fingerprint density at radius 1 is 0.778 bits per heavy atom. The van der Waals surface area contributed by atoms with Gasteiger partial charge in [0.1, 0.15) is 18.1 Å². The van der Waals surface area contributed by atoms with Crippen LogP contribution in [0, 0.1) is 6.92 Å². The Hall–Kier alpha value is -3.21. The summed E-state index contributed by atoms with van der Waals surface area (Å²) < 4.78 is 14.3. The number of nitrogens with zero attached hydrogens (tertiary/aromatic N) is 1. The number of aryl methyl sites for hydroxylation is 1. The van der Waals surface area contributed by atoms with Crippen molar-refractivity contribution in [2.24, 2.45) is 0 Å². The molecule has 0 aliphatic heterocycles. The third-order valence-corrected chi connectivity index (χ3v) is 6.84. The summed E-state index contributed by atoms with van der Waals surface area (Å²) in [5.74, 6) is 1.74. The highest BCUT2D eigenvalue weighted by Crippen LogP contribution is 2.36. The number of halogens is 2. The van der Waals surface area contributed by atoms with E-state index in [1.54, 1.807) is 0 Å². The van der Waals surface area contributed by atoms with Crippen LogP contribution < -0.4 is 9.47 Å². The number of ether oxygens (including phenoxy) is 2. The van der Waals surface area contributed by atoms with Crippen LogP contribution in [0.3, 0.4) is 0 Å². The molecule has 0 unspecified atom stereocenters. The summed E-state index contributed by atoms with van der Waals surface area (Å²) in [6.07, 6.45) is 0. The monoisotopic (exact) mass is 559 g/mol. The van der Waals surface area contributed by atoms with E-state index in [-0.39, 0.29) is 0 Å². The molecule has 0 aliphatic carbocycles. The fraction of sp³-hybridized carbons (Fsp3) is 0.161. The zero-order valence-electron chi connectivity index (χ0n) is 20.1. The van der Waals surface area contributed by atoms with Crippen LogP contribution in [-0.2, 0) is 13.2 Å². The third-order valence-electron chi connectivity index (χ3n) is 6.26. The van der Waals surface area contributed by atoms with Crippen LogP contribution in [0.4, 0.5) is 0 Å². The van der Waals surface area contributed by atoms with E-state index in [0.717, 1.165) is 39.5 Å². The Morgan fingerprint density at radius 2 is 1.50 bits per heavy atom. The van der Waals surface area contributed by atoms with Gasteiger partial charge in [0.2, 0.25) is 0 Å². The van der Waals surface area contributed by atoms with Gasteiger partial charge < -0.3 is 14.0 Å². The molecule has 36 heavy (non-hydrogen) atoms. The quantitative estimate of drug-likeness (QED) is 0.168. The fourth-order valence-electron chi connectivity index (χ4n) is 4.51. The summed E-state index contributed by atoms with van der Waals surface area (Å²) in [6, 6.07) is 33.0. The molecule has 1 heterocycles. The molecule has 1 aromatic heterocycles. The highest BCUT2D eigenvalue weighted by atomic mass is 79.9. The lowest BCUT2D eigenvalue weighted by molar-refractivity contribution is 0.306. The molecule has 0 N–H and O–H groups in total. The molecule has 3 nitrogen and oxygen atoms in total. The predicted molar refractivity (Wildman–Crippen MR) is 153 cm³/mol. The normalized spacial score (nSPS) is 11.1. The summed E-state index contributed by atoms with van der Waals surface area (Å²) in [5, 5.41) is 2.72. The first kappa shape index (κ1) is 24.5. The number of alkyl halides is 1. The van der Waals surface area contributed by atoms with Gasteiger partial charge in [-0.2, -0.15) is 0 Å². The average molecular weight is 561 g/mol. The highest BCUT2D eigenvalue weighted by Gasteiger charge is 2.17. The number of benzene rings is 4. The van der Waals surface area contributed by atoms with Gasteiger partial charge in [-0.25, -0.2) is 0 Å². The Balaban J connectivity index is 1.52. The lowest BCUT2D eigenvalue weighted by Crippen LogP contribution is -2.03. The van der Waals surface area contributed by atoms with Gasteiger partial charge in [0, 0.05) is 27.8 Å². The SMILES string of the molecule is Cc1c(-c2ccc(Cl)cc2)n(Cc2ccc(OCCBr)cc2)c2ccc(OCc3ccccc3)cc12. The second-order valence-corrected chi connectivity index (χ2v) is 9.93. The van der Waals surface area contributed by atoms with Gasteiger partial charge in [-0.1, -0.05) is 82.1 Å². The van der Waals surface area contributed by atoms with Crippen LogP contribution in [0.1, 0.15) is 16.7 Å². The molecular weight excluding hydrogens is 534 g/mol. The van der Waals surface area contributed by atoms with Crippen LogP contribution in [0.5, 0.6) is 11.5 Å². The van der Waals surface area contributed by atoms with Crippen molar-refractivity contribution in [2.75, 3.05) is 11.9 Å². The van der Waals surface area contributed by atoms with E-state index in [1.807, 2.05) is 42.5 Å². The Labute approximate surface area is 225 Å². The molecule has 5 aromatic rings. The fourth-order valence-corrected chi connectivity index (χ4v) is 4.79. The van der Waals surface area contributed by atoms with Crippen molar-refractivity contribution in [3.05, 3.63) is 119 Å². The molecule has 0 bridgehead atoms. The highest BCUT2D eigenvalue weighted by molar-refractivity contribution is 9.09. The van der Waals surface area contributed by atoms with Gasteiger partial charge in [0.15, 0.2) is 0 Å². The van der Waals surface area contributed by atoms with Crippen LogP contribution in [0.25, 0.3) is 22.2 Å². The van der Waals surface area contributed by atoms with Crippen molar-refractivity contribution in [2.45, 2.75) is 20.1 Å². The van der Waals surface area contributed by atoms with E-state index in [9.17, 15) is 0 Å². The molecule has 0 fully saturated rings. The lowest BCUT2D eigenvalue weighted by Gasteiger charge is -2.13. The minimum Gasteiger partial charge on any atom is -0.493 e. The lowest BCUT2D eigenvalue weighted by atomic mass is 10.1. The predicted octanol–water partition coefficient (Wildman–Crippen LogP) is 8.67. The van der Waals surface area contributed by atoms with Crippen molar-refractivity contribution in [1.29, 1.82) is 0 Å². The second-order valence-electron chi connectivity index (χ2n) is 8.70. The molecule has 0 saturated carbocycles. The van der Waals surface area contributed by atoms with Crippen molar-refractivity contribution < 1.29 is 9.47 Å². The standard InChI is InChI=1S/C31H27BrClNO2/c1-22-29-19-28(36-21-24-5-3-2-4-6-24)15-16-30(29)34(31(22)25-9-11-26(33)12-10-25)20-23-7-13-27(14-8-23)35-18-17-32/h2-16,19H,17-18,20-21H2,1H3. The minimum atomic E-state index is 0.541. The summed E-state index contributed by atoms with van der Waals surface area (Å²) in [6.45, 7) is 4.11. The smallest absolute Gasteiger partial charge is 0.120 e. The van der Waals surface area contributed by atoms with E-state index in [1.165, 1.54) is 27.7 Å². The molecule has 0 radical (unpaired) electrons. The van der Waals surface area contributed by atoms with Crippen LogP contribution in [0.15, 0.2) is 97.1 Å². The van der Waals surface area contributed by atoms with Gasteiger partial charge in [-0.05, 0) is 71.6 Å². The maximum atomic E-state index is 6.21. The Kier molecular flexibility index (Phi) is 7.64. The second kappa shape index (κ2) is 11.2. The molecule has 0 atom stereocenters. The number of fused-ring (bicyclic) bond motifs is 1. The van der Waals surface area contributed by atoms with Gasteiger partial charge in [-0.3, -0.25) is 0 Å². The van der Waals surface area contributed by atoms with Crippen LogP contribution in [0.2, 0.25) is 5.02 Å². The number of aromatic nitrogens is 1. The van der Waals surface area contributed by atoms with Gasteiger partial charge in [0.25, 0.3) is 0 Å². The number of hydrogen-bond acceptors (Lipinski definition) is 2. The molecule has 182 valence electrons. The van der Waals surface area contributed by atoms with Crippen molar-refractivity contribution in [1.82, 2.24) is 4.57 Å². The van der Waals surface area contributed by atoms with Gasteiger partial charge in [0.05, 0.1) is 12.3 Å². The summed E-state index contributed by atoms with van der Waals surface area (Å²) in [5.41, 5.74) is 7.06. The molecule has 5 rings (SSSR count). The minimum absolute atomic E-state index is 0.541. The Morgan fingerprint density at radius 3 is 2.22 bits per heavy atom. The van der Waals surface area contributed by atoms with Crippen molar-refractivity contribution >= 4 is 38.4 Å². The Bertz CT molecular complexity index is 1440. The van der Waals surface area contributed by atoms with Gasteiger partial charge >= 0.3 is 0 Å². The van der Waals surface area contributed by atoms with Crippen molar-refractivity contribution in [3.63, 3.8) is 0 Å². The summed E-state index contributed by atoms with van der Waals surface area (Å²) >= 11 is 9.61. The van der Waals surface area contributed by atoms with E-state index >= 15 is 0 Å². The topological polar surface area (TPSA) is 23.4 Å². The summed E-state index contributed by atoms with van der Waals surface area (Å²) in [7, 11) is 0. The largest absolute Gasteiger partial charge is 0.493 e. The molecule has 0 spiro atoms. The molecule has 0 saturated heterocycles. The number of hydrogen-bond donors (Lipinski definition) is 0. The molecule has 5 heteroatoms. The number of rotatable bonds is 9. The molecular formula is C31H27BrClNO2. The van der Waals surface area contributed by atoms with E-state index in [4.69, 9.17) is 21.1 Å². The van der Waals surface area contributed by atoms with E-state index in [2.05, 4.69) is 82.0 Å². The average Bonchev–Trinajstić information content (AvgIpc) is 3.18. The van der Waals surface area contributed by atoms with Crippen molar-refractivity contribution in [3.8, 4) is 22.8 Å². The first-order valence-electron chi connectivity index (χ1n) is 12.0. The molecule has 0 aliphatic rings. The first-order valence-corrected chi connectivity index (χ1v) is 13.5.